The number of carbonyl (C=O) groups is 2. The monoisotopic (exact) mass is 513 g/mol. The van der Waals surface area contributed by atoms with E-state index in [2.05, 4.69) is 33.8 Å². The average Bonchev–Trinajstić information content (AvgIpc) is 3.31. The summed E-state index contributed by atoms with van der Waals surface area (Å²) in [6, 6.07) is 14.0. The number of pyridine rings is 1. The van der Waals surface area contributed by atoms with Gasteiger partial charge in [-0.1, -0.05) is 18.2 Å². The SMILES string of the molecule is CC(=O)NCCc1c[nH]c2ccc(N(CCCCNc3c4c(nc5ccccc35)CCCC4)C(=O)O)cc12. The fraction of sp³-hybridized carbons (Fsp3) is 0.367. The van der Waals surface area contributed by atoms with Crippen LogP contribution in [0, 0.1) is 0 Å². The molecule has 0 saturated carbocycles. The van der Waals surface area contributed by atoms with Gasteiger partial charge in [0.05, 0.1) is 5.52 Å². The van der Waals surface area contributed by atoms with Crippen molar-refractivity contribution in [2.24, 2.45) is 0 Å². The van der Waals surface area contributed by atoms with E-state index in [0.717, 1.165) is 59.6 Å². The molecular weight excluding hydrogens is 478 g/mol. The van der Waals surface area contributed by atoms with Crippen LogP contribution < -0.4 is 15.5 Å². The van der Waals surface area contributed by atoms with Crippen LogP contribution in [0.5, 0.6) is 0 Å². The summed E-state index contributed by atoms with van der Waals surface area (Å²) in [6.45, 7) is 3.24. The topological polar surface area (TPSA) is 110 Å². The Labute approximate surface area is 222 Å². The number of benzene rings is 2. The first-order valence-corrected chi connectivity index (χ1v) is 13.5. The summed E-state index contributed by atoms with van der Waals surface area (Å²) in [7, 11) is 0. The number of aromatic nitrogens is 2. The maximum Gasteiger partial charge on any atom is 0.411 e. The summed E-state index contributed by atoms with van der Waals surface area (Å²) in [5.41, 5.74) is 7.45. The van der Waals surface area contributed by atoms with Gasteiger partial charge in [-0.05, 0) is 80.3 Å². The molecule has 2 amide bonds. The number of amides is 2. The van der Waals surface area contributed by atoms with Gasteiger partial charge in [-0.2, -0.15) is 0 Å². The number of aryl methyl sites for hydroxylation is 1. The molecule has 1 aliphatic carbocycles. The second-order valence-electron chi connectivity index (χ2n) is 9.98. The maximum absolute atomic E-state index is 12.1. The van der Waals surface area contributed by atoms with Gasteiger partial charge in [-0.25, -0.2) is 4.79 Å². The van der Waals surface area contributed by atoms with Crippen LogP contribution in [0.25, 0.3) is 21.8 Å². The third kappa shape index (κ3) is 5.59. The molecule has 0 unspecified atom stereocenters. The highest BCUT2D eigenvalue weighted by atomic mass is 16.4. The summed E-state index contributed by atoms with van der Waals surface area (Å²) < 4.78 is 0. The van der Waals surface area contributed by atoms with Crippen LogP contribution in [0.3, 0.4) is 0 Å². The number of hydrogen-bond donors (Lipinski definition) is 4. The highest BCUT2D eigenvalue weighted by molar-refractivity contribution is 5.94. The number of hydrogen-bond acceptors (Lipinski definition) is 4. The molecule has 2 aromatic heterocycles. The predicted octanol–water partition coefficient (Wildman–Crippen LogP) is 5.65. The molecular formula is C30H35N5O3. The quantitative estimate of drug-likeness (QED) is 0.205. The number of aromatic amines is 1. The number of unbranched alkanes of at least 4 members (excludes halogenated alkanes) is 1. The van der Waals surface area contributed by atoms with Gasteiger partial charge >= 0.3 is 6.09 Å². The second kappa shape index (κ2) is 11.5. The average molecular weight is 514 g/mol. The lowest BCUT2D eigenvalue weighted by Crippen LogP contribution is -2.30. The van der Waals surface area contributed by atoms with E-state index >= 15 is 0 Å². The molecule has 2 aromatic carbocycles. The van der Waals surface area contributed by atoms with Crippen LogP contribution in [0.2, 0.25) is 0 Å². The van der Waals surface area contributed by atoms with Gasteiger partial charge in [0.2, 0.25) is 5.91 Å². The highest BCUT2D eigenvalue weighted by Gasteiger charge is 2.19. The number of H-pyrrole nitrogens is 1. The van der Waals surface area contributed by atoms with E-state index in [9.17, 15) is 14.7 Å². The molecule has 1 aliphatic rings. The smallest absolute Gasteiger partial charge is 0.411 e. The van der Waals surface area contributed by atoms with Crippen molar-refractivity contribution in [3.05, 3.63) is 65.5 Å². The zero-order valence-electron chi connectivity index (χ0n) is 21.8. The molecule has 0 aliphatic heterocycles. The Kier molecular flexibility index (Phi) is 7.77. The van der Waals surface area contributed by atoms with Crippen molar-refractivity contribution in [2.45, 2.75) is 51.9 Å². The van der Waals surface area contributed by atoms with Crippen LogP contribution >= 0.6 is 0 Å². The van der Waals surface area contributed by atoms with Gasteiger partial charge in [-0.3, -0.25) is 14.7 Å². The van der Waals surface area contributed by atoms with Crippen molar-refractivity contribution in [1.29, 1.82) is 0 Å². The summed E-state index contributed by atoms with van der Waals surface area (Å²) in [4.78, 5) is 32.9. The zero-order valence-corrected chi connectivity index (χ0v) is 21.8. The van der Waals surface area contributed by atoms with Crippen molar-refractivity contribution >= 4 is 45.2 Å². The molecule has 198 valence electrons. The van der Waals surface area contributed by atoms with Crippen molar-refractivity contribution in [3.8, 4) is 0 Å². The van der Waals surface area contributed by atoms with E-state index in [4.69, 9.17) is 4.98 Å². The lowest BCUT2D eigenvalue weighted by Gasteiger charge is -2.22. The standard InChI is InChI=1S/C30H35N5O3/c1-20(36)31-16-14-21-19-33-26-13-12-22(18-25(21)26)35(30(37)38)17-7-6-15-32-29-23-8-2-4-10-27(23)34-28-11-5-3-9-24(28)29/h2,4,8,10,12-13,18-19,33H,3,5-7,9,11,14-17H2,1H3,(H,31,36)(H,32,34)(H,37,38). The van der Waals surface area contributed by atoms with Crippen LogP contribution in [-0.4, -0.2) is 46.7 Å². The molecule has 4 N–H and O–H groups in total. The van der Waals surface area contributed by atoms with Crippen LogP contribution in [0.4, 0.5) is 16.2 Å². The predicted molar refractivity (Wildman–Crippen MR) is 152 cm³/mol. The molecule has 8 nitrogen and oxygen atoms in total. The van der Waals surface area contributed by atoms with E-state index in [-0.39, 0.29) is 5.91 Å². The molecule has 0 saturated heterocycles. The molecule has 2 heterocycles. The lowest BCUT2D eigenvalue weighted by atomic mass is 9.92. The number of carboxylic acid groups (broad SMARTS) is 1. The second-order valence-corrected chi connectivity index (χ2v) is 9.98. The third-order valence-electron chi connectivity index (χ3n) is 7.34. The fourth-order valence-electron chi connectivity index (χ4n) is 5.43. The van der Waals surface area contributed by atoms with E-state index in [1.807, 2.05) is 30.5 Å². The number of nitrogens with one attached hydrogen (secondary N) is 3. The Morgan fingerprint density at radius 1 is 1.05 bits per heavy atom. The van der Waals surface area contributed by atoms with Crippen molar-refractivity contribution < 1.29 is 14.7 Å². The molecule has 0 spiro atoms. The molecule has 0 radical (unpaired) electrons. The van der Waals surface area contributed by atoms with Crippen molar-refractivity contribution in [2.75, 3.05) is 29.9 Å². The van der Waals surface area contributed by atoms with Crippen LogP contribution in [0.15, 0.2) is 48.7 Å². The summed E-state index contributed by atoms with van der Waals surface area (Å²) in [5.74, 6) is -0.0610. The van der Waals surface area contributed by atoms with Gasteiger partial charge in [0.15, 0.2) is 0 Å². The first kappa shape index (κ1) is 25.6. The van der Waals surface area contributed by atoms with Crippen LogP contribution in [0.1, 0.15) is 49.4 Å². The summed E-state index contributed by atoms with van der Waals surface area (Å²) >= 11 is 0. The largest absolute Gasteiger partial charge is 0.465 e. The minimum atomic E-state index is -0.957. The molecule has 5 rings (SSSR count). The first-order valence-electron chi connectivity index (χ1n) is 13.5. The van der Waals surface area contributed by atoms with E-state index in [1.165, 1.54) is 41.6 Å². The minimum absolute atomic E-state index is 0.0610. The molecule has 4 aromatic rings. The van der Waals surface area contributed by atoms with Gasteiger partial charge in [0.1, 0.15) is 0 Å². The van der Waals surface area contributed by atoms with E-state index < -0.39 is 6.09 Å². The number of rotatable bonds is 10. The number of anilines is 2. The molecule has 8 heteroatoms. The van der Waals surface area contributed by atoms with Crippen molar-refractivity contribution in [3.63, 3.8) is 0 Å². The van der Waals surface area contributed by atoms with Crippen LogP contribution in [-0.2, 0) is 24.1 Å². The molecule has 0 atom stereocenters. The zero-order chi connectivity index (χ0) is 26.5. The Morgan fingerprint density at radius 2 is 1.89 bits per heavy atom. The third-order valence-corrected chi connectivity index (χ3v) is 7.34. The van der Waals surface area contributed by atoms with Gasteiger partial charge in [0, 0.05) is 66.1 Å². The minimum Gasteiger partial charge on any atom is -0.465 e. The number of para-hydroxylation sites is 1. The van der Waals surface area contributed by atoms with Gasteiger partial charge < -0.3 is 20.7 Å². The van der Waals surface area contributed by atoms with Gasteiger partial charge in [-0.15, -0.1) is 0 Å². The maximum atomic E-state index is 12.1. The Morgan fingerprint density at radius 3 is 2.74 bits per heavy atom. The normalized spacial score (nSPS) is 12.9. The number of nitrogens with zero attached hydrogens (tertiary/aromatic N) is 2. The van der Waals surface area contributed by atoms with Crippen molar-refractivity contribution in [1.82, 2.24) is 15.3 Å². The Bertz CT molecular complexity index is 1460. The molecule has 0 fully saturated rings. The molecule has 38 heavy (non-hydrogen) atoms. The summed E-state index contributed by atoms with van der Waals surface area (Å²) in [5, 5.41) is 18.6. The molecule has 0 bridgehead atoms. The number of fused-ring (bicyclic) bond motifs is 3. The first-order chi connectivity index (χ1) is 18.5. The number of carbonyl (C=O) groups excluding carboxylic acids is 1. The van der Waals surface area contributed by atoms with E-state index in [0.29, 0.717) is 25.2 Å². The summed E-state index contributed by atoms with van der Waals surface area (Å²) in [6.07, 6.45) is 7.70. The Hall–Kier alpha value is -4.07. The van der Waals surface area contributed by atoms with E-state index in [1.54, 1.807) is 0 Å². The Balaban J connectivity index is 1.23. The lowest BCUT2D eigenvalue weighted by molar-refractivity contribution is -0.118. The highest BCUT2D eigenvalue weighted by Crippen LogP contribution is 2.33. The fourth-order valence-corrected chi connectivity index (χ4v) is 5.43. The van der Waals surface area contributed by atoms with Gasteiger partial charge in [0.25, 0.3) is 0 Å².